The van der Waals surface area contributed by atoms with Gasteiger partial charge in [-0.2, -0.15) is 8.78 Å². The lowest BCUT2D eigenvalue weighted by Gasteiger charge is -2.18. The van der Waals surface area contributed by atoms with Crippen LogP contribution in [0.4, 0.5) is 17.6 Å². The summed E-state index contributed by atoms with van der Waals surface area (Å²) in [6.45, 7) is 2.00. The van der Waals surface area contributed by atoms with E-state index in [2.05, 4.69) is 10.2 Å². The third-order valence-electron chi connectivity index (χ3n) is 2.48. The second-order valence-electron chi connectivity index (χ2n) is 3.79. The topological polar surface area (TPSA) is 15.3 Å². The number of likely N-dealkylation sites (tertiary alicyclic amines) is 1. The van der Waals surface area contributed by atoms with Crippen LogP contribution < -0.4 is 5.32 Å². The summed E-state index contributed by atoms with van der Waals surface area (Å²) in [5, 5.41) is 2.36. The Morgan fingerprint density at radius 1 is 1.20 bits per heavy atom. The zero-order chi connectivity index (χ0) is 11.3. The van der Waals surface area contributed by atoms with Crippen molar-refractivity contribution in [2.75, 3.05) is 32.7 Å². The van der Waals surface area contributed by atoms with E-state index in [-0.39, 0.29) is 0 Å². The summed E-state index contributed by atoms with van der Waals surface area (Å²) >= 11 is 0. The molecule has 0 aromatic rings. The van der Waals surface area contributed by atoms with E-state index in [1.165, 1.54) is 0 Å². The number of halogens is 4. The van der Waals surface area contributed by atoms with Crippen molar-refractivity contribution < 1.29 is 17.6 Å². The molecular weight excluding hydrogens is 212 g/mol. The third kappa shape index (κ3) is 4.34. The molecule has 1 rings (SSSR count). The highest BCUT2D eigenvalue weighted by atomic mass is 19.3. The Hall–Kier alpha value is -0.360. The number of hydrogen-bond acceptors (Lipinski definition) is 2. The molecule has 1 fully saturated rings. The minimum atomic E-state index is -3.91. The number of hydrogen-bond donors (Lipinski definition) is 1. The average Bonchev–Trinajstić information content (AvgIpc) is 2.64. The van der Waals surface area contributed by atoms with E-state index in [1.54, 1.807) is 0 Å². The molecule has 0 aromatic carbocycles. The van der Waals surface area contributed by atoms with Gasteiger partial charge >= 0.3 is 12.3 Å². The molecule has 0 aromatic heterocycles. The first-order chi connectivity index (χ1) is 7.02. The fourth-order valence-corrected chi connectivity index (χ4v) is 1.58. The van der Waals surface area contributed by atoms with Gasteiger partial charge in [0.05, 0.1) is 6.54 Å². The largest absolute Gasteiger partial charge is 0.319 e. The van der Waals surface area contributed by atoms with Gasteiger partial charge in [0.25, 0.3) is 0 Å². The molecule has 0 bridgehead atoms. The molecule has 0 saturated carbocycles. The Morgan fingerprint density at radius 2 is 1.80 bits per heavy atom. The predicted molar refractivity (Wildman–Crippen MR) is 49.5 cm³/mol. The summed E-state index contributed by atoms with van der Waals surface area (Å²) in [6.07, 6.45) is -1.32. The second-order valence-corrected chi connectivity index (χ2v) is 3.79. The maximum Gasteiger partial charge on any atom is 0.319 e. The summed E-state index contributed by atoms with van der Waals surface area (Å²) in [5.41, 5.74) is 0. The van der Waals surface area contributed by atoms with E-state index in [0.29, 0.717) is 13.1 Å². The van der Waals surface area contributed by atoms with Gasteiger partial charge in [0, 0.05) is 13.1 Å². The van der Waals surface area contributed by atoms with Gasteiger partial charge in [0.15, 0.2) is 0 Å². The first kappa shape index (κ1) is 12.7. The molecule has 0 atom stereocenters. The van der Waals surface area contributed by atoms with Crippen LogP contribution in [0.2, 0.25) is 0 Å². The van der Waals surface area contributed by atoms with E-state index in [1.807, 2.05) is 0 Å². The zero-order valence-electron chi connectivity index (χ0n) is 8.49. The first-order valence-electron chi connectivity index (χ1n) is 5.11. The third-order valence-corrected chi connectivity index (χ3v) is 2.48. The van der Waals surface area contributed by atoms with Gasteiger partial charge in [-0.05, 0) is 25.9 Å². The van der Waals surface area contributed by atoms with Crippen molar-refractivity contribution in [3.8, 4) is 0 Å². The molecule has 6 heteroatoms. The molecule has 90 valence electrons. The smallest absolute Gasteiger partial charge is 0.310 e. The summed E-state index contributed by atoms with van der Waals surface area (Å²) in [5.74, 6) is -3.91. The van der Waals surface area contributed by atoms with Crippen LogP contribution in [0.15, 0.2) is 0 Å². The molecule has 2 nitrogen and oxygen atoms in total. The molecule has 1 aliphatic rings. The zero-order valence-corrected chi connectivity index (χ0v) is 8.49. The van der Waals surface area contributed by atoms with Crippen molar-refractivity contribution >= 4 is 0 Å². The Bertz CT molecular complexity index is 181. The van der Waals surface area contributed by atoms with Gasteiger partial charge in [-0.3, -0.25) is 0 Å². The Labute approximate surface area is 86.6 Å². The van der Waals surface area contributed by atoms with Gasteiger partial charge in [0.1, 0.15) is 0 Å². The van der Waals surface area contributed by atoms with E-state index in [4.69, 9.17) is 0 Å². The molecule has 15 heavy (non-hydrogen) atoms. The van der Waals surface area contributed by atoms with Gasteiger partial charge < -0.3 is 10.2 Å². The molecule has 1 heterocycles. The van der Waals surface area contributed by atoms with Gasteiger partial charge in [-0.15, -0.1) is 0 Å². The standard InChI is InChI=1S/C9H16F4N2/c10-8(11)9(12,13)7-14-3-6-15-4-1-2-5-15/h8,14H,1-7H2. The molecule has 1 aliphatic heterocycles. The molecule has 1 N–H and O–H groups in total. The van der Waals surface area contributed by atoms with Crippen LogP contribution in [0.5, 0.6) is 0 Å². The summed E-state index contributed by atoms with van der Waals surface area (Å²) < 4.78 is 48.3. The number of alkyl halides is 4. The van der Waals surface area contributed by atoms with Crippen molar-refractivity contribution in [2.24, 2.45) is 0 Å². The highest BCUT2D eigenvalue weighted by molar-refractivity contribution is 4.73. The minimum Gasteiger partial charge on any atom is -0.310 e. The van der Waals surface area contributed by atoms with Gasteiger partial charge in [-0.1, -0.05) is 0 Å². The predicted octanol–water partition coefficient (Wildman–Crippen LogP) is 1.57. The summed E-state index contributed by atoms with van der Waals surface area (Å²) in [6, 6.07) is 0. The van der Waals surface area contributed by atoms with Crippen molar-refractivity contribution in [3.63, 3.8) is 0 Å². The highest BCUT2D eigenvalue weighted by Gasteiger charge is 2.39. The first-order valence-corrected chi connectivity index (χ1v) is 5.11. The number of rotatable bonds is 6. The molecule has 0 amide bonds. The molecule has 0 radical (unpaired) electrons. The molecule has 0 spiro atoms. The Morgan fingerprint density at radius 3 is 2.33 bits per heavy atom. The monoisotopic (exact) mass is 228 g/mol. The van der Waals surface area contributed by atoms with Crippen LogP contribution in [0.3, 0.4) is 0 Å². The quantitative estimate of drug-likeness (QED) is 0.548. The van der Waals surface area contributed by atoms with Crippen LogP contribution >= 0.6 is 0 Å². The van der Waals surface area contributed by atoms with Crippen molar-refractivity contribution in [3.05, 3.63) is 0 Å². The fraction of sp³-hybridized carbons (Fsp3) is 1.00. The van der Waals surface area contributed by atoms with Crippen LogP contribution in [0.25, 0.3) is 0 Å². The Kier molecular flexibility index (Phi) is 4.79. The van der Waals surface area contributed by atoms with Crippen LogP contribution in [-0.4, -0.2) is 50.0 Å². The van der Waals surface area contributed by atoms with E-state index >= 15 is 0 Å². The van der Waals surface area contributed by atoms with E-state index in [9.17, 15) is 17.6 Å². The van der Waals surface area contributed by atoms with Crippen molar-refractivity contribution in [1.82, 2.24) is 10.2 Å². The van der Waals surface area contributed by atoms with Gasteiger partial charge in [0.2, 0.25) is 0 Å². The van der Waals surface area contributed by atoms with Crippen LogP contribution in [-0.2, 0) is 0 Å². The van der Waals surface area contributed by atoms with Gasteiger partial charge in [-0.25, -0.2) is 8.78 Å². The van der Waals surface area contributed by atoms with Crippen molar-refractivity contribution in [2.45, 2.75) is 25.2 Å². The lowest BCUT2D eigenvalue weighted by Crippen LogP contribution is -2.41. The number of nitrogens with one attached hydrogen (secondary N) is 1. The normalized spacial score (nSPS) is 19.0. The maximum atomic E-state index is 12.4. The summed E-state index contributed by atoms with van der Waals surface area (Å²) in [7, 11) is 0. The maximum absolute atomic E-state index is 12.4. The summed E-state index contributed by atoms with van der Waals surface area (Å²) in [4.78, 5) is 2.13. The van der Waals surface area contributed by atoms with E-state index in [0.717, 1.165) is 25.9 Å². The molecule has 0 aliphatic carbocycles. The molecular formula is C9H16F4N2. The number of nitrogens with zero attached hydrogens (tertiary/aromatic N) is 1. The van der Waals surface area contributed by atoms with Crippen molar-refractivity contribution in [1.29, 1.82) is 0 Å². The SMILES string of the molecule is FC(F)C(F)(F)CNCCN1CCCC1. The minimum absolute atomic E-state index is 0.336. The Balaban J connectivity index is 2.05. The second kappa shape index (κ2) is 5.65. The fourth-order valence-electron chi connectivity index (χ4n) is 1.58. The molecule has 0 unspecified atom stereocenters. The highest BCUT2D eigenvalue weighted by Crippen LogP contribution is 2.21. The van der Waals surface area contributed by atoms with Crippen LogP contribution in [0.1, 0.15) is 12.8 Å². The van der Waals surface area contributed by atoms with Crippen LogP contribution in [0, 0.1) is 0 Å². The average molecular weight is 228 g/mol. The lowest BCUT2D eigenvalue weighted by atomic mass is 10.3. The van der Waals surface area contributed by atoms with E-state index < -0.39 is 18.9 Å². The molecule has 1 saturated heterocycles. The lowest BCUT2D eigenvalue weighted by molar-refractivity contribution is -0.125.